The summed E-state index contributed by atoms with van der Waals surface area (Å²) in [6.07, 6.45) is 0. The highest BCUT2D eigenvalue weighted by atomic mass is 32.2. The first-order valence-electron chi connectivity index (χ1n) is 8.82. The van der Waals surface area contributed by atoms with Gasteiger partial charge in [-0.3, -0.25) is 14.9 Å². The van der Waals surface area contributed by atoms with Crippen LogP contribution in [0.25, 0.3) is 16.9 Å². The van der Waals surface area contributed by atoms with Gasteiger partial charge in [-0.2, -0.15) is 9.61 Å². The van der Waals surface area contributed by atoms with Crippen molar-refractivity contribution in [3.8, 4) is 17.0 Å². The average molecular weight is 421 g/mol. The van der Waals surface area contributed by atoms with Gasteiger partial charge < -0.3 is 4.74 Å². The largest absolute Gasteiger partial charge is 0.497 e. The zero-order valence-corrected chi connectivity index (χ0v) is 16.6. The number of fused-ring (bicyclic) bond motifs is 1. The molecule has 4 rings (SSSR count). The SMILES string of the molecule is COc1cccc(-c2ccc3nnc(SCC(=O)c4ccc([N+](=O)[O-])cc4)n3n2)c1. The number of ether oxygens (including phenoxy) is 1. The Bertz CT molecular complexity index is 1240. The predicted octanol–water partition coefficient (Wildman–Crippen LogP) is 3.68. The van der Waals surface area contributed by atoms with Crippen molar-refractivity contribution in [2.24, 2.45) is 0 Å². The highest BCUT2D eigenvalue weighted by Gasteiger charge is 2.14. The number of carbonyl (C=O) groups excluding carboxylic acids is 1. The molecule has 2 aromatic carbocycles. The maximum atomic E-state index is 12.4. The summed E-state index contributed by atoms with van der Waals surface area (Å²) >= 11 is 1.20. The second-order valence-electron chi connectivity index (χ2n) is 6.22. The maximum absolute atomic E-state index is 12.4. The van der Waals surface area contributed by atoms with Crippen molar-refractivity contribution in [1.82, 2.24) is 19.8 Å². The van der Waals surface area contributed by atoms with E-state index in [1.807, 2.05) is 30.3 Å². The number of hydrogen-bond acceptors (Lipinski definition) is 8. The zero-order valence-electron chi connectivity index (χ0n) is 15.8. The van der Waals surface area contributed by atoms with Crippen molar-refractivity contribution in [3.05, 3.63) is 76.3 Å². The monoisotopic (exact) mass is 421 g/mol. The van der Waals surface area contributed by atoms with Crippen LogP contribution in [0.1, 0.15) is 10.4 Å². The second kappa shape index (κ2) is 8.29. The molecular formula is C20H15N5O4S. The molecule has 0 atom stereocenters. The van der Waals surface area contributed by atoms with Crippen LogP contribution in [0.4, 0.5) is 5.69 Å². The molecule has 0 radical (unpaired) electrons. The number of thioether (sulfide) groups is 1. The Labute approximate surface area is 174 Å². The zero-order chi connectivity index (χ0) is 21.1. The molecule has 0 N–H and O–H groups in total. The fourth-order valence-corrected chi connectivity index (χ4v) is 3.56. The number of nitro groups is 1. The normalized spacial score (nSPS) is 10.8. The number of Topliss-reactive ketones (excluding diaryl/α,β-unsaturated/α-hetero) is 1. The number of non-ortho nitro benzene ring substituents is 1. The van der Waals surface area contributed by atoms with E-state index in [0.717, 1.165) is 11.3 Å². The molecule has 150 valence electrons. The molecule has 0 saturated carbocycles. The van der Waals surface area contributed by atoms with E-state index in [-0.39, 0.29) is 17.2 Å². The lowest BCUT2D eigenvalue weighted by Gasteiger charge is -2.05. The molecule has 2 heterocycles. The molecular weight excluding hydrogens is 406 g/mol. The molecule has 0 aliphatic carbocycles. The number of rotatable bonds is 7. The summed E-state index contributed by atoms with van der Waals surface area (Å²) in [6.45, 7) is 0. The van der Waals surface area contributed by atoms with Crippen LogP contribution in [0, 0.1) is 10.1 Å². The number of ketones is 1. The standard InChI is InChI=1S/C20H15N5O4S/c1-29-16-4-2-3-14(11-16)17-9-10-19-21-22-20(24(19)23-17)30-12-18(26)13-5-7-15(8-6-13)25(27)28/h2-11H,12H2,1H3. The highest BCUT2D eigenvalue weighted by Crippen LogP contribution is 2.24. The Morgan fingerprint density at radius 1 is 1.13 bits per heavy atom. The Morgan fingerprint density at radius 2 is 1.93 bits per heavy atom. The van der Waals surface area contributed by atoms with Gasteiger partial charge in [-0.1, -0.05) is 23.9 Å². The third-order valence-corrected chi connectivity index (χ3v) is 5.25. The number of benzene rings is 2. The van der Waals surface area contributed by atoms with E-state index in [2.05, 4.69) is 15.3 Å². The van der Waals surface area contributed by atoms with E-state index >= 15 is 0 Å². The van der Waals surface area contributed by atoms with Gasteiger partial charge in [0.1, 0.15) is 5.75 Å². The number of hydrogen-bond donors (Lipinski definition) is 0. The van der Waals surface area contributed by atoms with E-state index < -0.39 is 4.92 Å². The molecule has 0 bridgehead atoms. The van der Waals surface area contributed by atoms with Crippen LogP contribution in [-0.2, 0) is 0 Å². The van der Waals surface area contributed by atoms with Crippen molar-refractivity contribution < 1.29 is 14.5 Å². The predicted molar refractivity (Wildman–Crippen MR) is 111 cm³/mol. The van der Waals surface area contributed by atoms with E-state index in [1.165, 1.54) is 36.0 Å². The molecule has 0 fully saturated rings. The first kappa shape index (κ1) is 19.5. The lowest BCUT2D eigenvalue weighted by molar-refractivity contribution is -0.384. The van der Waals surface area contributed by atoms with E-state index in [9.17, 15) is 14.9 Å². The minimum atomic E-state index is -0.503. The topological polar surface area (TPSA) is 113 Å². The quantitative estimate of drug-likeness (QED) is 0.192. The van der Waals surface area contributed by atoms with Crippen molar-refractivity contribution >= 4 is 28.9 Å². The smallest absolute Gasteiger partial charge is 0.269 e. The third kappa shape index (κ3) is 3.98. The Morgan fingerprint density at radius 3 is 2.67 bits per heavy atom. The molecule has 0 aliphatic heterocycles. The molecule has 4 aromatic rings. The second-order valence-corrected chi connectivity index (χ2v) is 7.16. The van der Waals surface area contributed by atoms with E-state index in [1.54, 1.807) is 17.7 Å². The van der Waals surface area contributed by atoms with Crippen LogP contribution in [0.15, 0.2) is 65.8 Å². The molecule has 30 heavy (non-hydrogen) atoms. The summed E-state index contributed by atoms with van der Waals surface area (Å²) in [7, 11) is 1.60. The number of methoxy groups -OCH3 is 1. The van der Waals surface area contributed by atoms with E-state index in [4.69, 9.17) is 4.74 Å². The number of nitrogens with zero attached hydrogens (tertiary/aromatic N) is 5. The van der Waals surface area contributed by atoms with Crippen molar-refractivity contribution in [2.45, 2.75) is 5.16 Å². The summed E-state index contributed by atoms with van der Waals surface area (Å²) in [5, 5.41) is 24.0. The lowest BCUT2D eigenvalue weighted by Crippen LogP contribution is -2.04. The average Bonchev–Trinajstić information content (AvgIpc) is 3.19. The first-order valence-corrected chi connectivity index (χ1v) is 9.81. The minimum Gasteiger partial charge on any atom is -0.497 e. The van der Waals surface area contributed by atoms with Crippen LogP contribution in [0.5, 0.6) is 5.75 Å². The number of nitro benzene ring substituents is 1. The van der Waals surface area contributed by atoms with Gasteiger partial charge >= 0.3 is 0 Å². The molecule has 0 saturated heterocycles. The molecule has 2 aromatic heterocycles. The van der Waals surface area contributed by atoms with Gasteiger partial charge in [-0.25, -0.2) is 0 Å². The summed E-state index contributed by atoms with van der Waals surface area (Å²) in [5.41, 5.74) is 2.49. The molecule has 0 unspecified atom stereocenters. The van der Waals surface area contributed by atoms with Crippen LogP contribution in [-0.4, -0.2) is 43.4 Å². The Kier molecular flexibility index (Phi) is 5.40. The van der Waals surface area contributed by atoms with Gasteiger partial charge in [0, 0.05) is 23.3 Å². The first-order chi connectivity index (χ1) is 14.5. The van der Waals surface area contributed by atoms with Crippen molar-refractivity contribution in [2.75, 3.05) is 12.9 Å². The fourth-order valence-electron chi connectivity index (χ4n) is 2.78. The lowest BCUT2D eigenvalue weighted by atomic mass is 10.1. The highest BCUT2D eigenvalue weighted by molar-refractivity contribution is 7.99. The van der Waals surface area contributed by atoms with Gasteiger partial charge in [0.15, 0.2) is 11.4 Å². The maximum Gasteiger partial charge on any atom is 0.269 e. The Balaban J connectivity index is 1.54. The van der Waals surface area contributed by atoms with Crippen LogP contribution >= 0.6 is 11.8 Å². The number of aromatic nitrogens is 4. The number of carbonyl (C=O) groups is 1. The summed E-state index contributed by atoms with van der Waals surface area (Å²) in [5.74, 6) is 0.654. The minimum absolute atomic E-state index is 0.0584. The summed E-state index contributed by atoms with van der Waals surface area (Å²) in [4.78, 5) is 22.7. The third-order valence-electron chi connectivity index (χ3n) is 4.33. The molecule has 0 spiro atoms. The van der Waals surface area contributed by atoms with Crippen molar-refractivity contribution in [3.63, 3.8) is 0 Å². The van der Waals surface area contributed by atoms with Crippen LogP contribution in [0.2, 0.25) is 0 Å². The van der Waals surface area contributed by atoms with Crippen molar-refractivity contribution in [1.29, 1.82) is 0 Å². The molecule has 0 aliphatic rings. The summed E-state index contributed by atoms with van der Waals surface area (Å²) in [6, 6.07) is 16.7. The Hall–Kier alpha value is -3.79. The van der Waals surface area contributed by atoms with Crippen LogP contribution in [0.3, 0.4) is 0 Å². The van der Waals surface area contributed by atoms with Gasteiger partial charge in [0.05, 0.1) is 23.5 Å². The van der Waals surface area contributed by atoms with E-state index in [0.29, 0.717) is 22.1 Å². The molecule has 10 heteroatoms. The van der Waals surface area contributed by atoms with Crippen LogP contribution < -0.4 is 4.74 Å². The van der Waals surface area contributed by atoms with Gasteiger partial charge in [0.2, 0.25) is 5.16 Å². The van der Waals surface area contributed by atoms with Gasteiger partial charge in [-0.05, 0) is 36.4 Å². The van der Waals surface area contributed by atoms with Gasteiger partial charge in [0.25, 0.3) is 5.69 Å². The molecule has 9 nitrogen and oxygen atoms in total. The van der Waals surface area contributed by atoms with Gasteiger partial charge in [-0.15, -0.1) is 10.2 Å². The summed E-state index contributed by atoms with van der Waals surface area (Å²) < 4.78 is 6.85. The molecule has 0 amide bonds. The fraction of sp³-hybridized carbons (Fsp3) is 0.100.